The third-order valence-corrected chi connectivity index (χ3v) is 3.67. The van der Waals surface area contributed by atoms with Gasteiger partial charge in [-0.05, 0) is 42.5 Å². The summed E-state index contributed by atoms with van der Waals surface area (Å²) in [5.41, 5.74) is 2.52. The molecule has 1 N–H and O–H groups in total. The van der Waals surface area contributed by atoms with Crippen LogP contribution in [-0.4, -0.2) is 11.7 Å². The third kappa shape index (κ3) is 4.38. The summed E-state index contributed by atoms with van der Waals surface area (Å²) in [5.74, 6) is 0.209. The monoisotopic (exact) mass is 274 g/mol. The van der Waals surface area contributed by atoms with Gasteiger partial charge in [0.15, 0.2) is 0 Å². The van der Waals surface area contributed by atoms with E-state index >= 15 is 0 Å². The van der Waals surface area contributed by atoms with Crippen molar-refractivity contribution in [2.24, 2.45) is 0 Å². The summed E-state index contributed by atoms with van der Waals surface area (Å²) in [6.07, 6.45) is 3.13. The molecular formula is C17H19ClO. The van der Waals surface area contributed by atoms with Crippen LogP contribution in [0.4, 0.5) is 0 Å². The van der Waals surface area contributed by atoms with Crippen LogP contribution >= 0.6 is 11.6 Å². The second-order valence-corrected chi connectivity index (χ2v) is 5.25. The molecule has 2 heteroatoms. The zero-order valence-corrected chi connectivity index (χ0v) is 11.7. The van der Waals surface area contributed by atoms with Crippen molar-refractivity contribution in [3.05, 3.63) is 70.7 Å². The van der Waals surface area contributed by atoms with Gasteiger partial charge in [0.05, 0.1) is 0 Å². The van der Waals surface area contributed by atoms with E-state index in [0.717, 1.165) is 24.3 Å². The molecule has 1 unspecified atom stereocenters. The Morgan fingerprint density at radius 2 is 1.63 bits per heavy atom. The van der Waals surface area contributed by atoms with Crippen LogP contribution in [0.5, 0.6) is 0 Å². The molecule has 2 aromatic carbocycles. The molecule has 0 saturated heterocycles. The summed E-state index contributed by atoms with van der Waals surface area (Å²) in [6.45, 7) is 0.191. The maximum atomic E-state index is 9.51. The fourth-order valence-corrected chi connectivity index (χ4v) is 2.42. The average Bonchev–Trinajstić information content (AvgIpc) is 2.46. The number of hydrogen-bond acceptors (Lipinski definition) is 1. The van der Waals surface area contributed by atoms with Crippen molar-refractivity contribution < 1.29 is 5.11 Å². The number of hydrogen-bond donors (Lipinski definition) is 1. The Hall–Kier alpha value is -1.31. The molecule has 0 aliphatic rings. The first-order valence-electron chi connectivity index (χ1n) is 6.70. The second-order valence-electron chi connectivity index (χ2n) is 4.81. The Balaban J connectivity index is 1.87. The summed E-state index contributed by atoms with van der Waals surface area (Å²) in [7, 11) is 0. The van der Waals surface area contributed by atoms with E-state index in [1.54, 1.807) is 0 Å². The zero-order valence-electron chi connectivity index (χ0n) is 10.9. The van der Waals surface area contributed by atoms with E-state index in [4.69, 9.17) is 11.6 Å². The van der Waals surface area contributed by atoms with Gasteiger partial charge in [-0.3, -0.25) is 0 Å². The minimum absolute atomic E-state index is 0.191. The molecular weight excluding hydrogens is 256 g/mol. The van der Waals surface area contributed by atoms with E-state index in [0.29, 0.717) is 0 Å². The first-order chi connectivity index (χ1) is 9.29. The van der Waals surface area contributed by atoms with Crippen LogP contribution in [-0.2, 0) is 6.42 Å². The zero-order chi connectivity index (χ0) is 13.5. The van der Waals surface area contributed by atoms with Gasteiger partial charge in [-0.1, -0.05) is 54.1 Å². The van der Waals surface area contributed by atoms with Crippen LogP contribution in [0.3, 0.4) is 0 Å². The summed E-state index contributed by atoms with van der Waals surface area (Å²) < 4.78 is 0. The van der Waals surface area contributed by atoms with Crippen LogP contribution < -0.4 is 0 Å². The van der Waals surface area contributed by atoms with E-state index in [2.05, 4.69) is 24.3 Å². The number of benzene rings is 2. The van der Waals surface area contributed by atoms with Gasteiger partial charge in [0.2, 0.25) is 0 Å². The van der Waals surface area contributed by atoms with Crippen molar-refractivity contribution in [1.29, 1.82) is 0 Å². The lowest BCUT2D eigenvalue weighted by atomic mass is 9.93. The highest BCUT2D eigenvalue weighted by Crippen LogP contribution is 2.23. The van der Waals surface area contributed by atoms with E-state index < -0.39 is 0 Å². The SMILES string of the molecule is OCC(CCCc1ccccc1)c1ccc(Cl)cc1. The Bertz CT molecular complexity index is 478. The average molecular weight is 275 g/mol. The third-order valence-electron chi connectivity index (χ3n) is 3.42. The minimum atomic E-state index is 0.191. The largest absolute Gasteiger partial charge is 0.396 e. The first-order valence-corrected chi connectivity index (χ1v) is 7.07. The Kier molecular flexibility index (Phi) is 5.44. The standard InChI is InChI=1S/C17H19ClO/c18-17-11-9-15(10-12-17)16(13-19)8-4-7-14-5-2-1-3-6-14/h1-3,5-6,9-12,16,19H,4,7-8,13H2. The van der Waals surface area contributed by atoms with Crippen molar-refractivity contribution in [2.45, 2.75) is 25.2 Å². The van der Waals surface area contributed by atoms with Crippen LogP contribution in [0.25, 0.3) is 0 Å². The molecule has 100 valence electrons. The maximum absolute atomic E-state index is 9.51. The van der Waals surface area contributed by atoms with Crippen LogP contribution in [0.1, 0.15) is 29.9 Å². The number of halogens is 1. The summed E-state index contributed by atoms with van der Waals surface area (Å²) in [5, 5.41) is 10.3. The van der Waals surface area contributed by atoms with Gasteiger partial charge < -0.3 is 5.11 Å². The summed E-state index contributed by atoms with van der Waals surface area (Å²) >= 11 is 5.88. The summed E-state index contributed by atoms with van der Waals surface area (Å²) in [4.78, 5) is 0. The highest BCUT2D eigenvalue weighted by molar-refractivity contribution is 6.30. The lowest BCUT2D eigenvalue weighted by molar-refractivity contribution is 0.257. The summed E-state index contributed by atoms with van der Waals surface area (Å²) in [6, 6.07) is 18.3. The molecule has 0 bridgehead atoms. The van der Waals surface area contributed by atoms with Gasteiger partial charge in [0.1, 0.15) is 0 Å². The molecule has 0 spiro atoms. The van der Waals surface area contributed by atoms with Gasteiger partial charge in [-0.2, -0.15) is 0 Å². The predicted molar refractivity (Wildman–Crippen MR) is 80.7 cm³/mol. The molecule has 0 fully saturated rings. The van der Waals surface area contributed by atoms with Crippen LogP contribution in [0.2, 0.25) is 5.02 Å². The van der Waals surface area contributed by atoms with Gasteiger partial charge >= 0.3 is 0 Å². The van der Waals surface area contributed by atoms with Crippen molar-refractivity contribution in [2.75, 3.05) is 6.61 Å². The normalized spacial score (nSPS) is 12.3. The number of rotatable bonds is 6. The highest BCUT2D eigenvalue weighted by atomic mass is 35.5. The lowest BCUT2D eigenvalue weighted by Gasteiger charge is -2.14. The topological polar surface area (TPSA) is 20.2 Å². The number of aliphatic hydroxyl groups is 1. The van der Waals surface area contributed by atoms with E-state index in [-0.39, 0.29) is 12.5 Å². The number of aryl methyl sites for hydroxylation is 1. The van der Waals surface area contributed by atoms with E-state index in [9.17, 15) is 5.11 Å². The van der Waals surface area contributed by atoms with Crippen molar-refractivity contribution in [1.82, 2.24) is 0 Å². The molecule has 1 nitrogen and oxygen atoms in total. The van der Waals surface area contributed by atoms with Gasteiger partial charge in [0, 0.05) is 17.5 Å². The Morgan fingerprint density at radius 3 is 2.26 bits per heavy atom. The van der Waals surface area contributed by atoms with E-state index in [1.807, 2.05) is 30.3 Å². The molecule has 19 heavy (non-hydrogen) atoms. The molecule has 0 saturated carbocycles. The molecule has 2 aromatic rings. The minimum Gasteiger partial charge on any atom is -0.396 e. The molecule has 0 radical (unpaired) electrons. The van der Waals surface area contributed by atoms with Crippen molar-refractivity contribution in [3.63, 3.8) is 0 Å². The predicted octanol–water partition coefficient (Wildman–Crippen LogP) is 4.44. The van der Waals surface area contributed by atoms with E-state index in [1.165, 1.54) is 11.1 Å². The van der Waals surface area contributed by atoms with Crippen LogP contribution in [0.15, 0.2) is 54.6 Å². The first kappa shape index (κ1) is 14.1. The molecule has 0 amide bonds. The quantitative estimate of drug-likeness (QED) is 0.826. The van der Waals surface area contributed by atoms with Crippen molar-refractivity contribution in [3.8, 4) is 0 Å². The molecule has 1 atom stereocenters. The maximum Gasteiger partial charge on any atom is 0.0499 e. The fraction of sp³-hybridized carbons (Fsp3) is 0.294. The molecule has 0 heterocycles. The lowest BCUT2D eigenvalue weighted by Crippen LogP contribution is -2.04. The van der Waals surface area contributed by atoms with Gasteiger partial charge in [0.25, 0.3) is 0 Å². The molecule has 0 aromatic heterocycles. The fourth-order valence-electron chi connectivity index (χ4n) is 2.30. The molecule has 0 aliphatic heterocycles. The molecule has 2 rings (SSSR count). The smallest absolute Gasteiger partial charge is 0.0499 e. The molecule has 0 aliphatic carbocycles. The van der Waals surface area contributed by atoms with Crippen molar-refractivity contribution >= 4 is 11.6 Å². The second kappa shape index (κ2) is 7.32. The highest BCUT2D eigenvalue weighted by Gasteiger charge is 2.10. The van der Waals surface area contributed by atoms with Gasteiger partial charge in [-0.15, -0.1) is 0 Å². The Morgan fingerprint density at radius 1 is 0.947 bits per heavy atom. The Labute approximate surface area is 119 Å². The number of aliphatic hydroxyl groups excluding tert-OH is 1. The van der Waals surface area contributed by atoms with Crippen LogP contribution in [0, 0.1) is 0 Å². The van der Waals surface area contributed by atoms with Gasteiger partial charge in [-0.25, -0.2) is 0 Å².